The molecule has 11 nitrogen and oxygen atoms in total. The molecule has 0 bridgehead atoms. The molecule has 1 aliphatic rings. The number of hydrogen-bond acceptors (Lipinski definition) is 8. The van der Waals surface area contributed by atoms with Crippen LogP contribution in [-0.2, 0) is 4.74 Å². The highest BCUT2D eigenvalue weighted by atomic mass is 19.3. The van der Waals surface area contributed by atoms with Crippen LogP contribution in [0.15, 0.2) is 53.2 Å². The van der Waals surface area contributed by atoms with Crippen molar-refractivity contribution in [3.63, 3.8) is 0 Å². The summed E-state index contributed by atoms with van der Waals surface area (Å²) in [6.07, 6.45) is 0.435. The molecule has 0 aliphatic carbocycles. The van der Waals surface area contributed by atoms with Gasteiger partial charge in [-0.1, -0.05) is 17.3 Å². The van der Waals surface area contributed by atoms with Gasteiger partial charge in [-0.3, -0.25) is 4.98 Å². The van der Waals surface area contributed by atoms with Gasteiger partial charge in [-0.05, 0) is 31.2 Å². The molecule has 13 heteroatoms. The van der Waals surface area contributed by atoms with Gasteiger partial charge in [-0.2, -0.15) is 8.78 Å². The first kappa shape index (κ1) is 23.5. The zero-order valence-electron chi connectivity index (χ0n) is 19.2. The summed E-state index contributed by atoms with van der Waals surface area (Å²) < 4.78 is 37.3. The third kappa shape index (κ3) is 5.05. The Balaban J connectivity index is 1.27. The fraction of sp³-hybridized carbons (Fsp3) is 0.304. The first-order valence-corrected chi connectivity index (χ1v) is 11.2. The number of urea groups is 1. The first-order valence-electron chi connectivity index (χ1n) is 11.2. The van der Waals surface area contributed by atoms with E-state index >= 15 is 0 Å². The molecule has 1 saturated heterocycles. The van der Waals surface area contributed by atoms with Crippen LogP contribution < -0.4 is 5.32 Å². The largest absolute Gasteiger partial charge is 0.415 e. The van der Waals surface area contributed by atoms with Crippen molar-refractivity contribution < 1.29 is 22.7 Å². The van der Waals surface area contributed by atoms with E-state index in [2.05, 4.69) is 30.8 Å². The van der Waals surface area contributed by atoms with E-state index in [-0.39, 0.29) is 18.0 Å². The molecule has 1 fully saturated rings. The van der Waals surface area contributed by atoms with Crippen molar-refractivity contribution in [2.45, 2.75) is 19.4 Å². The van der Waals surface area contributed by atoms with E-state index in [1.165, 1.54) is 6.20 Å². The second-order valence-corrected chi connectivity index (χ2v) is 8.09. The highest BCUT2D eigenvalue weighted by Gasteiger charge is 2.19. The Morgan fingerprint density at radius 2 is 1.92 bits per heavy atom. The van der Waals surface area contributed by atoms with E-state index in [0.29, 0.717) is 48.9 Å². The monoisotopic (exact) mass is 496 g/mol. The van der Waals surface area contributed by atoms with Crippen LogP contribution in [0.5, 0.6) is 0 Å². The maximum atomic E-state index is 12.7. The van der Waals surface area contributed by atoms with Gasteiger partial charge in [0.25, 0.3) is 5.89 Å². The number of morpholine rings is 1. The number of nitrogens with zero attached hydrogens (tertiary/aromatic N) is 7. The van der Waals surface area contributed by atoms with Crippen molar-refractivity contribution in [3.8, 4) is 22.7 Å². The number of carbonyl (C=O) groups excluding carboxylic acids is 1. The lowest BCUT2D eigenvalue weighted by Gasteiger charge is -2.26. The Kier molecular flexibility index (Phi) is 6.62. The highest BCUT2D eigenvalue weighted by Crippen LogP contribution is 2.26. The molecule has 1 aliphatic heterocycles. The molecule has 0 radical (unpaired) electrons. The van der Waals surface area contributed by atoms with E-state index in [1.807, 2.05) is 31.2 Å². The average Bonchev–Trinajstić information content (AvgIpc) is 3.60. The van der Waals surface area contributed by atoms with Gasteiger partial charge in [0.2, 0.25) is 5.89 Å². The standard InChI is InChI=1S/C23H22F2N8O3/c1-14(18-6-5-16(12-26-18)21-29-30-22(36-21)20(24)25)33-13-19(28-31-33)15-3-2-4-17(11-15)27-23(34)32-7-9-35-10-8-32/h2-6,11-14,20H,7-10H2,1H3,(H,27,34). The molecule has 186 valence electrons. The topological polar surface area (TPSA) is 124 Å². The molecule has 2 amide bonds. The molecule has 1 atom stereocenters. The van der Waals surface area contributed by atoms with Crippen molar-refractivity contribution in [1.82, 2.24) is 35.1 Å². The Morgan fingerprint density at radius 3 is 2.64 bits per heavy atom. The molecule has 4 heterocycles. The summed E-state index contributed by atoms with van der Waals surface area (Å²) in [6.45, 7) is 4.07. The maximum absolute atomic E-state index is 12.7. The normalized spacial score (nSPS) is 14.7. The van der Waals surface area contributed by atoms with Crippen LogP contribution in [-0.4, -0.2) is 67.4 Å². The third-order valence-corrected chi connectivity index (χ3v) is 5.70. The van der Waals surface area contributed by atoms with Crippen LogP contribution in [0.4, 0.5) is 19.3 Å². The number of ether oxygens (including phenoxy) is 1. The fourth-order valence-electron chi connectivity index (χ4n) is 3.68. The third-order valence-electron chi connectivity index (χ3n) is 5.70. The number of aromatic nitrogens is 6. The van der Waals surface area contributed by atoms with Crippen LogP contribution in [0.2, 0.25) is 0 Å². The van der Waals surface area contributed by atoms with E-state index in [4.69, 9.17) is 9.15 Å². The molecular formula is C23H22F2N8O3. The molecule has 1 unspecified atom stereocenters. The van der Waals surface area contributed by atoms with Crippen LogP contribution in [0, 0.1) is 0 Å². The highest BCUT2D eigenvalue weighted by molar-refractivity contribution is 5.90. The minimum Gasteiger partial charge on any atom is -0.415 e. The molecule has 5 rings (SSSR count). The lowest BCUT2D eigenvalue weighted by atomic mass is 10.1. The second-order valence-electron chi connectivity index (χ2n) is 8.09. The predicted molar refractivity (Wildman–Crippen MR) is 123 cm³/mol. The Hall–Kier alpha value is -4.26. The molecular weight excluding hydrogens is 474 g/mol. The first-order chi connectivity index (χ1) is 17.5. The molecule has 1 aromatic carbocycles. The van der Waals surface area contributed by atoms with Gasteiger partial charge in [-0.25, -0.2) is 9.48 Å². The number of amides is 2. The smallest absolute Gasteiger partial charge is 0.321 e. The molecule has 4 aromatic rings. The van der Waals surface area contributed by atoms with Gasteiger partial charge in [0.05, 0.1) is 36.7 Å². The van der Waals surface area contributed by atoms with Gasteiger partial charge in [0.1, 0.15) is 5.69 Å². The zero-order chi connectivity index (χ0) is 25.1. The number of anilines is 1. The fourth-order valence-corrected chi connectivity index (χ4v) is 3.68. The predicted octanol–water partition coefficient (Wildman–Crippen LogP) is 3.80. The summed E-state index contributed by atoms with van der Waals surface area (Å²) in [4.78, 5) is 18.6. The molecule has 0 spiro atoms. The summed E-state index contributed by atoms with van der Waals surface area (Å²) in [5.41, 5.74) is 3.19. The maximum Gasteiger partial charge on any atom is 0.321 e. The number of pyridine rings is 1. The van der Waals surface area contributed by atoms with E-state index in [9.17, 15) is 13.6 Å². The number of alkyl halides is 2. The average molecular weight is 496 g/mol. The molecule has 1 N–H and O–H groups in total. The van der Waals surface area contributed by atoms with E-state index in [1.54, 1.807) is 27.9 Å². The lowest BCUT2D eigenvalue weighted by molar-refractivity contribution is 0.0564. The number of benzene rings is 1. The van der Waals surface area contributed by atoms with Crippen LogP contribution in [0.25, 0.3) is 22.7 Å². The van der Waals surface area contributed by atoms with Gasteiger partial charge in [0, 0.05) is 30.5 Å². The summed E-state index contributed by atoms with van der Waals surface area (Å²) in [7, 11) is 0. The number of hydrogen-bond donors (Lipinski definition) is 1. The quantitative estimate of drug-likeness (QED) is 0.428. The zero-order valence-corrected chi connectivity index (χ0v) is 19.2. The van der Waals surface area contributed by atoms with Crippen molar-refractivity contribution in [2.24, 2.45) is 0 Å². The van der Waals surface area contributed by atoms with Gasteiger partial charge < -0.3 is 19.4 Å². The number of nitrogens with one attached hydrogen (secondary N) is 1. The summed E-state index contributed by atoms with van der Waals surface area (Å²) in [6, 6.07) is 10.3. The van der Waals surface area contributed by atoms with Gasteiger partial charge in [0.15, 0.2) is 0 Å². The Morgan fingerprint density at radius 1 is 1.08 bits per heavy atom. The Bertz CT molecular complexity index is 1340. The van der Waals surface area contributed by atoms with Crippen molar-refractivity contribution in [1.29, 1.82) is 0 Å². The van der Waals surface area contributed by atoms with Crippen LogP contribution in [0.3, 0.4) is 0 Å². The number of carbonyl (C=O) groups is 1. The Labute approximate surface area is 204 Å². The second kappa shape index (κ2) is 10.2. The SMILES string of the molecule is CC(c1ccc(-c2nnc(C(F)F)o2)cn1)n1cc(-c2cccc(NC(=O)N3CCOCC3)c2)nn1. The number of rotatable bonds is 6. The van der Waals surface area contributed by atoms with Crippen LogP contribution >= 0.6 is 0 Å². The van der Waals surface area contributed by atoms with E-state index < -0.39 is 12.3 Å². The lowest BCUT2D eigenvalue weighted by Crippen LogP contribution is -2.43. The number of halogens is 2. The van der Waals surface area contributed by atoms with Crippen molar-refractivity contribution in [2.75, 3.05) is 31.6 Å². The van der Waals surface area contributed by atoms with Gasteiger partial charge in [-0.15, -0.1) is 15.3 Å². The van der Waals surface area contributed by atoms with Crippen LogP contribution in [0.1, 0.15) is 31.0 Å². The van der Waals surface area contributed by atoms with Crippen molar-refractivity contribution in [3.05, 3.63) is 60.4 Å². The summed E-state index contributed by atoms with van der Waals surface area (Å²) in [5, 5.41) is 18.4. The molecule has 3 aromatic heterocycles. The van der Waals surface area contributed by atoms with E-state index in [0.717, 1.165) is 5.56 Å². The minimum atomic E-state index is -2.83. The van der Waals surface area contributed by atoms with Gasteiger partial charge >= 0.3 is 12.5 Å². The minimum absolute atomic E-state index is 0.0272. The summed E-state index contributed by atoms with van der Waals surface area (Å²) in [5.74, 6) is -0.761. The molecule has 36 heavy (non-hydrogen) atoms. The van der Waals surface area contributed by atoms with Crippen molar-refractivity contribution >= 4 is 11.7 Å². The summed E-state index contributed by atoms with van der Waals surface area (Å²) >= 11 is 0. The molecule has 0 saturated carbocycles.